The Balaban J connectivity index is 2.60. The summed E-state index contributed by atoms with van der Waals surface area (Å²) in [6, 6.07) is 5.09. The van der Waals surface area contributed by atoms with Crippen molar-refractivity contribution in [2.75, 3.05) is 6.61 Å². The van der Waals surface area contributed by atoms with E-state index in [-0.39, 0.29) is 12.1 Å². The zero-order valence-corrected chi connectivity index (χ0v) is 10.5. The normalized spacial score (nSPS) is 12.8. The van der Waals surface area contributed by atoms with Crippen LogP contribution in [-0.2, 0) is 12.7 Å². The standard InChI is InChI=1S/C13H18F3NO/c1-12(2,7-8-18)17-9-10-3-5-11(6-4-10)13(14,15)16/h3-6,17-18H,7-9H2,1-2H3. The third kappa shape index (κ3) is 4.66. The van der Waals surface area contributed by atoms with Gasteiger partial charge in [-0.3, -0.25) is 0 Å². The van der Waals surface area contributed by atoms with Gasteiger partial charge >= 0.3 is 6.18 Å². The van der Waals surface area contributed by atoms with Crippen LogP contribution in [0.3, 0.4) is 0 Å². The van der Waals surface area contributed by atoms with E-state index in [0.29, 0.717) is 13.0 Å². The van der Waals surface area contributed by atoms with Crippen molar-refractivity contribution in [3.63, 3.8) is 0 Å². The zero-order valence-electron chi connectivity index (χ0n) is 10.5. The molecule has 0 aromatic heterocycles. The fourth-order valence-corrected chi connectivity index (χ4v) is 1.52. The average molecular weight is 261 g/mol. The van der Waals surface area contributed by atoms with Crippen molar-refractivity contribution in [2.24, 2.45) is 0 Å². The second-order valence-electron chi connectivity index (χ2n) is 4.91. The predicted octanol–water partition coefficient (Wildman–Crippen LogP) is 2.96. The summed E-state index contributed by atoms with van der Waals surface area (Å²) >= 11 is 0. The smallest absolute Gasteiger partial charge is 0.396 e. The van der Waals surface area contributed by atoms with Gasteiger partial charge in [0.15, 0.2) is 0 Å². The van der Waals surface area contributed by atoms with Gasteiger partial charge in [-0.25, -0.2) is 0 Å². The van der Waals surface area contributed by atoms with E-state index in [1.807, 2.05) is 13.8 Å². The molecule has 1 aromatic rings. The van der Waals surface area contributed by atoms with Gasteiger partial charge in [-0.2, -0.15) is 13.2 Å². The molecule has 0 atom stereocenters. The number of nitrogens with one attached hydrogen (secondary N) is 1. The van der Waals surface area contributed by atoms with Crippen LogP contribution < -0.4 is 5.32 Å². The number of alkyl halides is 3. The first-order chi connectivity index (χ1) is 8.24. The van der Waals surface area contributed by atoms with Crippen molar-refractivity contribution < 1.29 is 18.3 Å². The molecule has 0 aliphatic rings. The highest BCUT2D eigenvalue weighted by Crippen LogP contribution is 2.29. The van der Waals surface area contributed by atoms with Crippen LogP contribution in [0.15, 0.2) is 24.3 Å². The lowest BCUT2D eigenvalue weighted by Gasteiger charge is -2.25. The summed E-state index contributed by atoms with van der Waals surface area (Å²) in [4.78, 5) is 0. The molecule has 0 radical (unpaired) electrons. The zero-order chi connectivity index (χ0) is 13.8. The van der Waals surface area contributed by atoms with E-state index in [4.69, 9.17) is 5.11 Å². The van der Waals surface area contributed by atoms with Crippen molar-refractivity contribution in [2.45, 2.75) is 38.5 Å². The first kappa shape index (κ1) is 15.0. The lowest BCUT2D eigenvalue weighted by molar-refractivity contribution is -0.137. The minimum absolute atomic E-state index is 0.0764. The molecule has 0 unspecified atom stereocenters. The number of benzene rings is 1. The minimum Gasteiger partial charge on any atom is -0.396 e. The molecule has 0 aliphatic heterocycles. The van der Waals surface area contributed by atoms with E-state index in [2.05, 4.69) is 5.32 Å². The van der Waals surface area contributed by atoms with E-state index in [9.17, 15) is 13.2 Å². The van der Waals surface area contributed by atoms with Crippen molar-refractivity contribution in [3.05, 3.63) is 35.4 Å². The van der Waals surface area contributed by atoms with E-state index < -0.39 is 11.7 Å². The molecule has 18 heavy (non-hydrogen) atoms. The molecule has 0 amide bonds. The Morgan fingerprint density at radius 1 is 1.11 bits per heavy atom. The first-order valence-electron chi connectivity index (χ1n) is 5.77. The molecule has 5 heteroatoms. The first-order valence-corrected chi connectivity index (χ1v) is 5.77. The van der Waals surface area contributed by atoms with Gasteiger partial charge in [-0.1, -0.05) is 12.1 Å². The van der Waals surface area contributed by atoms with Crippen LogP contribution in [0.1, 0.15) is 31.4 Å². The third-order valence-corrected chi connectivity index (χ3v) is 2.79. The fourth-order valence-electron chi connectivity index (χ4n) is 1.52. The number of aliphatic hydroxyl groups excluding tert-OH is 1. The number of aliphatic hydroxyl groups is 1. The van der Waals surface area contributed by atoms with Gasteiger partial charge in [-0.15, -0.1) is 0 Å². The Morgan fingerprint density at radius 3 is 2.11 bits per heavy atom. The van der Waals surface area contributed by atoms with E-state index >= 15 is 0 Å². The molecule has 0 fully saturated rings. The highest BCUT2D eigenvalue weighted by Gasteiger charge is 2.29. The van der Waals surface area contributed by atoms with Crippen molar-refractivity contribution in [1.29, 1.82) is 0 Å². The molecule has 0 saturated carbocycles. The predicted molar refractivity (Wildman–Crippen MR) is 64.1 cm³/mol. The van der Waals surface area contributed by atoms with Crippen LogP contribution in [-0.4, -0.2) is 17.3 Å². The Bertz CT molecular complexity index is 371. The molecule has 0 saturated heterocycles. The Hall–Kier alpha value is -1.07. The molecule has 0 heterocycles. The van der Waals surface area contributed by atoms with Crippen LogP contribution in [0.5, 0.6) is 0 Å². The summed E-state index contributed by atoms with van der Waals surface area (Å²) in [5.74, 6) is 0. The van der Waals surface area contributed by atoms with Crippen LogP contribution >= 0.6 is 0 Å². The lowest BCUT2D eigenvalue weighted by atomic mass is 10.0. The van der Waals surface area contributed by atoms with E-state index in [1.54, 1.807) is 0 Å². The van der Waals surface area contributed by atoms with Gasteiger partial charge in [0.1, 0.15) is 0 Å². The Labute approximate surface area is 105 Å². The van der Waals surface area contributed by atoms with Gasteiger partial charge in [0.25, 0.3) is 0 Å². The summed E-state index contributed by atoms with van der Waals surface area (Å²) in [5, 5.41) is 12.1. The van der Waals surface area contributed by atoms with Crippen molar-refractivity contribution in [3.8, 4) is 0 Å². The molecule has 1 aromatic carbocycles. The number of hydrogen-bond donors (Lipinski definition) is 2. The van der Waals surface area contributed by atoms with Gasteiger partial charge in [-0.05, 0) is 38.0 Å². The molecule has 2 nitrogen and oxygen atoms in total. The number of rotatable bonds is 5. The van der Waals surface area contributed by atoms with E-state index in [0.717, 1.165) is 17.7 Å². The molecule has 0 spiro atoms. The van der Waals surface area contributed by atoms with Crippen LogP contribution in [0.4, 0.5) is 13.2 Å². The minimum atomic E-state index is -4.29. The Morgan fingerprint density at radius 2 is 1.67 bits per heavy atom. The maximum absolute atomic E-state index is 12.4. The molecular formula is C13H18F3NO. The summed E-state index contributed by atoms with van der Waals surface area (Å²) < 4.78 is 37.1. The maximum Gasteiger partial charge on any atom is 0.416 e. The number of hydrogen-bond acceptors (Lipinski definition) is 2. The van der Waals surface area contributed by atoms with Crippen LogP contribution in [0, 0.1) is 0 Å². The maximum atomic E-state index is 12.4. The summed E-state index contributed by atoms with van der Waals surface area (Å²) in [6.45, 7) is 4.43. The molecule has 1 rings (SSSR count). The topological polar surface area (TPSA) is 32.3 Å². The Kier molecular flexibility index (Phi) is 4.76. The third-order valence-electron chi connectivity index (χ3n) is 2.79. The lowest BCUT2D eigenvalue weighted by Crippen LogP contribution is -2.39. The summed E-state index contributed by atoms with van der Waals surface area (Å²) in [6.07, 6.45) is -3.70. The highest BCUT2D eigenvalue weighted by atomic mass is 19.4. The molecular weight excluding hydrogens is 243 g/mol. The highest BCUT2D eigenvalue weighted by molar-refractivity contribution is 5.24. The molecule has 0 aliphatic carbocycles. The summed E-state index contributed by atoms with van der Waals surface area (Å²) in [7, 11) is 0. The molecule has 0 bridgehead atoms. The van der Waals surface area contributed by atoms with Crippen molar-refractivity contribution in [1.82, 2.24) is 5.32 Å². The SMILES string of the molecule is CC(C)(CCO)NCc1ccc(C(F)(F)F)cc1. The second kappa shape index (κ2) is 5.71. The number of halogens is 3. The van der Waals surface area contributed by atoms with E-state index in [1.165, 1.54) is 12.1 Å². The van der Waals surface area contributed by atoms with Gasteiger partial charge < -0.3 is 10.4 Å². The van der Waals surface area contributed by atoms with Crippen LogP contribution in [0.2, 0.25) is 0 Å². The van der Waals surface area contributed by atoms with Gasteiger partial charge in [0.2, 0.25) is 0 Å². The molecule has 102 valence electrons. The summed E-state index contributed by atoms with van der Waals surface area (Å²) in [5.41, 5.74) is -0.0906. The largest absolute Gasteiger partial charge is 0.416 e. The fraction of sp³-hybridized carbons (Fsp3) is 0.538. The second-order valence-corrected chi connectivity index (χ2v) is 4.91. The van der Waals surface area contributed by atoms with Crippen molar-refractivity contribution >= 4 is 0 Å². The average Bonchev–Trinajstić information content (AvgIpc) is 2.26. The van der Waals surface area contributed by atoms with Crippen LogP contribution in [0.25, 0.3) is 0 Å². The monoisotopic (exact) mass is 261 g/mol. The van der Waals surface area contributed by atoms with Gasteiger partial charge in [0.05, 0.1) is 5.56 Å². The van der Waals surface area contributed by atoms with Gasteiger partial charge in [0, 0.05) is 18.7 Å². The quantitative estimate of drug-likeness (QED) is 0.854. The molecule has 2 N–H and O–H groups in total.